The lowest BCUT2D eigenvalue weighted by Gasteiger charge is -2.20. The fourth-order valence-electron chi connectivity index (χ4n) is 3.49. The molecule has 1 fully saturated rings. The Hall–Kier alpha value is -1.71. The number of nitrogens with zero attached hydrogens (tertiary/aromatic N) is 4. The van der Waals surface area contributed by atoms with E-state index in [-0.39, 0.29) is 16.3 Å². The molecule has 3 rings (SSSR count). The summed E-state index contributed by atoms with van der Waals surface area (Å²) in [5, 5.41) is 7.65. The predicted molar refractivity (Wildman–Crippen MR) is 111 cm³/mol. The number of imidazole rings is 1. The van der Waals surface area contributed by atoms with E-state index in [0.29, 0.717) is 32.2 Å². The van der Waals surface area contributed by atoms with Crippen LogP contribution in [0.1, 0.15) is 56.6 Å². The molecule has 1 aliphatic carbocycles. The zero-order valence-electron chi connectivity index (χ0n) is 18.1. The third-order valence-corrected chi connectivity index (χ3v) is 6.97. The van der Waals surface area contributed by atoms with Crippen molar-refractivity contribution in [2.75, 3.05) is 26.5 Å². The Bertz CT molecular complexity index is 922. The quantitative estimate of drug-likeness (QED) is 0.631. The molecule has 0 amide bonds. The number of sulfone groups is 1. The van der Waals surface area contributed by atoms with Crippen LogP contribution in [0, 0.1) is 5.41 Å². The number of nitrogens with one attached hydrogen (secondary N) is 1. The lowest BCUT2D eigenvalue weighted by molar-refractivity contribution is 0.181. The van der Waals surface area contributed by atoms with Crippen LogP contribution in [0.2, 0.25) is 0 Å². The molecule has 0 saturated heterocycles. The monoisotopic (exact) mass is 423 g/mol. The molecule has 1 N–H and O–H groups in total. The number of aromatic amines is 1. The van der Waals surface area contributed by atoms with Crippen molar-refractivity contribution < 1.29 is 13.2 Å². The van der Waals surface area contributed by atoms with Crippen LogP contribution in [0.15, 0.2) is 17.4 Å². The molecule has 0 unspecified atom stereocenters. The normalized spacial score (nSPS) is 15.4. The van der Waals surface area contributed by atoms with E-state index < -0.39 is 9.84 Å². The van der Waals surface area contributed by atoms with Crippen LogP contribution >= 0.6 is 0 Å². The van der Waals surface area contributed by atoms with Crippen molar-refractivity contribution in [1.29, 1.82) is 0 Å². The molecular weight excluding hydrogens is 390 g/mol. The average Bonchev–Trinajstić information content (AvgIpc) is 3.21. The Balaban J connectivity index is 1.75. The summed E-state index contributed by atoms with van der Waals surface area (Å²) in [6.07, 6.45) is 4.12. The van der Waals surface area contributed by atoms with Crippen molar-refractivity contribution in [2.45, 2.75) is 64.3 Å². The molecule has 1 aliphatic rings. The first kappa shape index (κ1) is 22.0. The number of rotatable bonds is 10. The lowest BCUT2D eigenvalue weighted by Crippen LogP contribution is -2.26. The molecule has 0 aromatic carbocycles. The van der Waals surface area contributed by atoms with Crippen LogP contribution in [-0.2, 0) is 34.2 Å². The molecule has 9 heteroatoms. The minimum atomic E-state index is -3.49. The van der Waals surface area contributed by atoms with E-state index >= 15 is 0 Å². The van der Waals surface area contributed by atoms with E-state index in [1.165, 1.54) is 12.8 Å². The highest BCUT2D eigenvalue weighted by atomic mass is 32.2. The summed E-state index contributed by atoms with van der Waals surface area (Å²) < 4.78 is 32.9. The Morgan fingerprint density at radius 2 is 2.03 bits per heavy atom. The van der Waals surface area contributed by atoms with Crippen molar-refractivity contribution in [3.8, 4) is 0 Å². The van der Waals surface area contributed by atoms with Crippen LogP contribution in [0.4, 0.5) is 0 Å². The fourth-order valence-corrected chi connectivity index (χ4v) is 5.52. The molecule has 162 valence electrons. The molecule has 2 aromatic heterocycles. The average molecular weight is 424 g/mol. The first-order valence-corrected chi connectivity index (χ1v) is 11.7. The minimum absolute atomic E-state index is 0.0529. The van der Waals surface area contributed by atoms with E-state index in [1.807, 2.05) is 27.8 Å². The second kappa shape index (κ2) is 8.57. The SMILES string of the molecule is COCCn1c(CN(C)Cc2cc(C3CC3)n[nH]2)cnc1S(=O)(=O)CC(C)(C)C. The standard InChI is InChI=1S/C20H33N5O3S/c1-20(2,3)14-29(26,27)19-21-11-17(25(19)8-9-28-5)13-24(4)12-16-10-18(23-22-16)15-6-7-15/h10-11,15H,6-9,12-14H2,1-5H3,(H,22,23). The first-order valence-electron chi connectivity index (χ1n) is 10.1. The summed E-state index contributed by atoms with van der Waals surface area (Å²) in [5.74, 6) is 0.675. The van der Waals surface area contributed by atoms with Gasteiger partial charge in [-0.1, -0.05) is 20.8 Å². The summed E-state index contributed by atoms with van der Waals surface area (Å²) >= 11 is 0. The lowest BCUT2D eigenvalue weighted by atomic mass is 10.0. The van der Waals surface area contributed by atoms with Gasteiger partial charge in [0.25, 0.3) is 0 Å². The van der Waals surface area contributed by atoms with Crippen molar-refractivity contribution in [1.82, 2.24) is 24.6 Å². The molecule has 0 aliphatic heterocycles. The van der Waals surface area contributed by atoms with E-state index in [1.54, 1.807) is 17.9 Å². The van der Waals surface area contributed by atoms with Crippen molar-refractivity contribution >= 4 is 9.84 Å². The van der Waals surface area contributed by atoms with Crippen molar-refractivity contribution in [3.05, 3.63) is 29.3 Å². The molecule has 1 saturated carbocycles. The minimum Gasteiger partial charge on any atom is -0.383 e. The Labute approximate surface area is 173 Å². The van der Waals surface area contributed by atoms with E-state index in [4.69, 9.17) is 4.74 Å². The van der Waals surface area contributed by atoms with E-state index in [2.05, 4.69) is 26.1 Å². The summed E-state index contributed by atoms with van der Waals surface area (Å²) in [6.45, 7) is 7.93. The number of hydrogen-bond donors (Lipinski definition) is 1. The maximum absolute atomic E-state index is 12.9. The molecule has 2 heterocycles. The van der Waals surface area contributed by atoms with Gasteiger partial charge in [-0.25, -0.2) is 13.4 Å². The summed E-state index contributed by atoms with van der Waals surface area (Å²) in [4.78, 5) is 6.42. The third kappa shape index (κ3) is 5.90. The summed E-state index contributed by atoms with van der Waals surface area (Å²) in [5.41, 5.74) is 2.74. The van der Waals surface area contributed by atoms with Crippen LogP contribution in [0.3, 0.4) is 0 Å². The van der Waals surface area contributed by atoms with Crippen LogP contribution in [0.5, 0.6) is 0 Å². The van der Waals surface area contributed by atoms with Gasteiger partial charge in [-0.3, -0.25) is 10.00 Å². The van der Waals surface area contributed by atoms with Gasteiger partial charge in [-0.2, -0.15) is 5.10 Å². The summed E-state index contributed by atoms with van der Waals surface area (Å²) in [7, 11) is 0.131. The van der Waals surface area contributed by atoms with Crippen molar-refractivity contribution in [2.24, 2.45) is 5.41 Å². The maximum Gasteiger partial charge on any atom is 0.227 e. The second-order valence-electron chi connectivity index (χ2n) is 9.26. The van der Waals surface area contributed by atoms with Gasteiger partial charge in [0.15, 0.2) is 0 Å². The van der Waals surface area contributed by atoms with Crippen molar-refractivity contribution in [3.63, 3.8) is 0 Å². The van der Waals surface area contributed by atoms with Gasteiger partial charge in [-0.15, -0.1) is 0 Å². The fraction of sp³-hybridized carbons (Fsp3) is 0.700. The molecule has 0 spiro atoms. The van der Waals surface area contributed by atoms with Gasteiger partial charge in [0, 0.05) is 38.4 Å². The van der Waals surface area contributed by atoms with Gasteiger partial charge in [0.1, 0.15) is 0 Å². The van der Waals surface area contributed by atoms with Gasteiger partial charge in [0.2, 0.25) is 15.0 Å². The largest absolute Gasteiger partial charge is 0.383 e. The Morgan fingerprint density at radius 1 is 1.31 bits per heavy atom. The van der Waals surface area contributed by atoms with E-state index in [9.17, 15) is 8.42 Å². The maximum atomic E-state index is 12.9. The number of hydrogen-bond acceptors (Lipinski definition) is 6. The molecule has 2 aromatic rings. The Morgan fingerprint density at radius 3 is 2.66 bits per heavy atom. The predicted octanol–water partition coefficient (Wildman–Crippen LogP) is 2.58. The van der Waals surface area contributed by atoms with Crippen LogP contribution in [-0.4, -0.2) is 59.6 Å². The molecule has 0 bridgehead atoms. The van der Waals surface area contributed by atoms with Gasteiger partial charge >= 0.3 is 0 Å². The zero-order chi connectivity index (χ0) is 21.2. The summed E-state index contributed by atoms with van der Waals surface area (Å²) in [6, 6.07) is 2.13. The molecule has 8 nitrogen and oxygen atoms in total. The zero-order valence-corrected chi connectivity index (χ0v) is 18.9. The highest BCUT2D eigenvalue weighted by Gasteiger charge is 2.29. The molecular formula is C20H33N5O3S. The third-order valence-electron chi connectivity index (χ3n) is 4.84. The Kier molecular flexibility index (Phi) is 6.50. The number of aromatic nitrogens is 4. The number of ether oxygens (including phenoxy) is 1. The van der Waals surface area contributed by atoms with Gasteiger partial charge in [-0.05, 0) is 31.4 Å². The molecule has 29 heavy (non-hydrogen) atoms. The smallest absolute Gasteiger partial charge is 0.227 e. The van der Waals surface area contributed by atoms with E-state index in [0.717, 1.165) is 17.1 Å². The number of methoxy groups -OCH3 is 1. The van der Waals surface area contributed by atoms with Crippen LogP contribution < -0.4 is 0 Å². The highest BCUT2D eigenvalue weighted by Crippen LogP contribution is 2.39. The highest BCUT2D eigenvalue weighted by molar-refractivity contribution is 7.91. The topological polar surface area (TPSA) is 93.1 Å². The first-order chi connectivity index (χ1) is 13.6. The molecule has 0 atom stereocenters. The molecule has 0 radical (unpaired) electrons. The number of H-pyrrole nitrogens is 1. The van der Waals surface area contributed by atoms with Gasteiger partial charge < -0.3 is 9.30 Å². The van der Waals surface area contributed by atoms with Gasteiger partial charge in [0.05, 0.1) is 29.9 Å². The second-order valence-corrected chi connectivity index (χ2v) is 11.1. The van der Waals surface area contributed by atoms with Crippen LogP contribution in [0.25, 0.3) is 0 Å².